The predicted octanol–water partition coefficient (Wildman–Crippen LogP) is 6.03. The van der Waals surface area contributed by atoms with Crippen LogP contribution in [0.5, 0.6) is 0 Å². The lowest BCUT2D eigenvalue weighted by Crippen LogP contribution is -2.41. The van der Waals surface area contributed by atoms with Gasteiger partial charge in [-0.2, -0.15) is 26.3 Å². The first kappa shape index (κ1) is 26.4. The Labute approximate surface area is 208 Å². The second-order valence-corrected chi connectivity index (χ2v) is 8.55. The minimum Gasteiger partial charge on any atom is -0.285 e. The first-order valence-corrected chi connectivity index (χ1v) is 11.6. The average Bonchev–Trinajstić information content (AvgIpc) is 3.11. The molecule has 4 rings (SSSR count). The molecule has 0 radical (unpaired) electrons. The molecule has 1 saturated heterocycles. The van der Waals surface area contributed by atoms with Gasteiger partial charge in [-0.1, -0.05) is 37.1 Å². The van der Waals surface area contributed by atoms with Crippen molar-refractivity contribution < 1.29 is 31.1 Å². The van der Waals surface area contributed by atoms with E-state index in [4.69, 9.17) is 0 Å². The number of hydrogen-bond donors (Lipinski definition) is 1. The highest BCUT2D eigenvalue weighted by Crippen LogP contribution is 2.32. The highest BCUT2D eigenvalue weighted by molar-refractivity contribution is 5.90. The van der Waals surface area contributed by atoms with E-state index in [1.54, 1.807) is 0 Å². The van der Waals surface area contributed by atoms with Crippen molar-refractivity contribution in [1.82, 2.24) is 25.2 Å². The van der Waals surface area contributed by atoms with E-state index >= 15 is 0 Å². The number of alkyl halides is 6. The van der Waals surface area contributed by atoms with E-state index in [1.165, 1.54) is 41.2 Å². The van der Waals surface area contributed by atoms with E-state index in [9.17, 15) is 31.1 Å². The number of amides is 1. The number of rotatable bonds is 5. The lowest BCUT2D eigenvalue weighted by molar-refractivity contribution is -0.138. The van der Waals surface area contributed by atoms with Crippen LogP contribution in [0.4, 0.5) is 26.3 Å². The summed E-state index contributed by atoms with van der Waals surface area (Å²) in [6.07, 6.45) is -2.43. The zero-order valence-corrected chi connectivity index (χ0v) is 19.5. The van der Waals surface area contributed by atoms with Crippen molar-refractivity contribution in [3.05, 3.63) is 65.7 Å². The maximum absolute atomic E-state index is 13.0. The van der Waals surface area contributed by atoms with Crippen molar-refractivity contribution in [3.63, 3.8) is 0 Å². The molecule has 12 heteroatoms. The topological polar surface area (TPSA) is 63.1 Å². The van der Waals surface area contributed by atoms with Gasteiger partial charge in [0.15, 0.2) is 11.6 Å². The molecule has 0 spiro atoms. The van der Waals surface area contributed by atoms with Gasteiger partial charge in [-0.25, -0.2) is 14.7 Å². The van der Waals surface area contributed by atoms with Crippen molar-refractivity contribution in [2.45, 2.75) is 38.0 Å². The van der Waals surface area contributed by atoms with Gasteiger partial charge >= 0.3 is 12.4 Å². The van der Waals surface area contributed by atoms with Crippen LogP contribution < -0.4 is 5.43 Å². The van der Waals surface area contributed by atoms with Gasteiger partial charge in [0, 0.05) is 36.5 Å². The largest absolute Gasteiger partial charge is 0.416 e. The standard InChI is InChI=1S/C25H23F6N5O/c26-24(27,28)19-9-5-17(6-10-19)22-32-23(18-7-11-20(12-8-18)25(29,30)31)36(34-22)16-13-21(37)33-35-14-3-1-2-4-15-35/h5-13,16H,1-4,14-15H2,(H,33,37)/b16-13-. The van der Waals surface area contributed by atoms with E-state index in [0.717, 1.165) is 63.0 Å². The van der Waals surface area contributed by atoms with Gasteiger partial charge in [0.1, 0.15) is 0 Å². The predicted molar refractivity (Wildman–Crippen MR) is 124 cm³/mol. The highest BCUT2D eigenvalue weighted by Gasteiger charge is 2.31. The van der Waals surface area contributed by atoms with E-state index in [-0.39, 0.29) is 22.8 Å². The van der Waals surface area contributed by atoms with Gasteiger partial charge in [-0.3, -0.25) is 10.2 Å². The summed E-state index contributed by atoms with van der Waals surface area (Å²) in [7, 11) is 0. The molecule has 196 valence electrons. The Balaban J connectivity index is 1.64. The normalized spacial score (nSPS) is 15.6. The summed E-state index contributed by atoms with van der Waals surface area (Å²) < 4.78 is 79.0. The van der Waals surface area contributed by atoms with Gasteiger partial charge in [0.2, 0.25) is 0 Å². The van der Waals surface area contributed by atoms with Gasteiger partial charge in [0.05, 0.1) is 11.1 Å². The number of hydrogen-bond acceptors (Lipinski definition) is 4. The molecule has 1 fully saturated rings. The lowest BCUT2D eigenvalue weighted by atomic mass is 10.1. The Morgan fingerprint density at radius 2 is 1.30 bits per heavy atom. The molecular formula is C25H23F6N5O. The SMILES string of the molecule is O=C(/C=C\n1nc(-c2ccc(C(F)(F)F)cc2)nc1-c1ccc(C(F)(F)F)cc1)NN1CCCCCC1. The van der Waals surface area contributed by atoms with Crippen LogP contribution in [0.1, 0.15) is 36.8 Å². The Hall–Kier alpha value is -3.67. The van der Waals surface area contributed by atoms with Crippen molar-refractivity contribution in [3.8, 4) is 22.8 Å². The smallest absolute Gasteiger partial charge is 0.285 e. The van der Waals surface area contributed by atoms with E-state index in [0.29, 0.717) is 0 Å². The molecule has 37 heavy (non-hydrogen) atoms. The number of nitrogens with one attached hydrogen (secondary N) is 1. The molecule has 1 N–H and O–H groups in total. The van der Waals surface area contributed by atoms with Crippen molar-refractivity contribution in [1.29, 1.82) is 0 Å². The molecular weight excluding hydrogens is 500 g/mol. The van der Waals surface area contributed by atoms with Crippen molar-refractivity contribution in [2.24, 2.45) is 0 Å². The van der Waals surface area contributed by atoms with Gasteiger partial charge in [0.25, 0.3) is 5.91 Å². The van der Waals surface area contributed by atoms with E-state index in [2.05, 4.69) is 15.5 Å². The second-order valence-electron chi connectivity index (χ2n) is 8.55. The molecule has 6 nitrogen and oxygen atoms in total. The summed E-state index contributed by atoms with van der Waals surface area (Å²) >= 11 is 0. The molecule has 2 heterocycles. The zero-order chi connectivity index (χ0) is 26.6. The molecule has 2 aromatic carbocycles. The highest BCUT2D eigenvalue weighted by atomic mass is 19.4. The van der Waals surface area contributed by atoms with Crippen LogP contribution in [0.2, 0.25) is 0 Å². The summed E-state index contributed by atoms with van der Waals surface area (Å²) in [6, 6.07) is 8.39. The average molecular weight is 523 g/mol. The first-order chi connectivity index (χ1) is 17.5. The lowest BCUT2D eigenvalue weighted by Gasteiger charge is -2.19. The third-order valence-corrected chi connectivity index (χ3v) is 5.81. The monoisotopic (exact) mass is 523 g/mol. The van der Waals surface area contributed by atoms with Crippen molar-refractivity contribution >= 4 is 12.1 Å². The summed E-state index contributed by atoms with van der Waals surface area (Å²) in [5, 5.41) is 6.10. The fourth-order valence-corrected chi connectivity index (χ4v) is 3.88. The van der Waals surface area contributed by atoms with Gasteiger partial charge in [-0.15, -0.1) is 5.10 Å². The third kappa shape index (κ3) is 6.76. The van der Waals surface area contributed by atoms with Crippen LogP contribution in [0.15, 0.2) is 54.6 Å². The quantitative estimate of drug-likeness (QED) is 0.328. The third-order valence-electron chi connectivity index (χ3n) is 5.81. The maximum Gasteiger partial charge on any atom is 0.416 e. The number of halogens is 6. The molecule has 0 atom stereocenters. The van der Waals surface area contributed by atoms with Crippen molar-refractivity contribution in [2.75, 3.05) is 13.1 Å². The number of aromatic nitrogens is 3. The van der Waals surface area contributed by atoms with Crippen LogP contribution in [-0.2, 0) is 17.1 Å². The number of carbonyl (C=O) groups is 1. The molecule has 0 unspecified atom stereocenters. The van der Waals surface area contributed by atoms with E-state index in [1.807, 2.05) is 5.01 Å². The van der Waals surface area contributed by atoms with Crippen LogP contribution in [0.25, 0.3) is 29.0 Å². The Kier molecular flexibility index (Phi) is 7.67. The summed E-state index contributed by atoms with van der Waals surface area (Å²) in [5.74, 6) is -0.268. The van der Waals surface area contributed by atoms with Crippen LogP contribution in [0, 0.1) is 0 Å². The molecule has 0 aliphatic carbocycles. The summed E-state index contributed by atoms with van der Waals surface area (Å²) in [5.41, 5.74) is 1.63. The minimum absolute atomic E-state index is 0.0428. The second kappa shape index (κ2) is 10.8. The molecule has 0 saturated carbocycles. The molecule has 1 aliphatic heterocycles. The van der Waals surface area contributed by atoms with Crippen LogP contribution in [0.3, 0.4) is 0 Å². The van der Waals surface area contributed by atoms with Gasteiger partial charge < -0.3 is 0 Å². The number of carbonyl (C=O) groups excluding carboxylic acids is 1. The molecule has 1 aromatic heterocycles. The molecule has 1 aliphatic rings. The Morgan fingerprint density at radius 1 is 0.784 bits per heavy atom. The summed E-state index contributed by atoms with van der Waals surface area (Å²) in [4.78, 5) is 16.8. The number of hydrazine groups is 1. The molecule has 1 amide bonds. The Morgan fingerprint density at radius 3 is 1.81 bits per heavy atom. The molecule has 0 bridgehead atoms. The van der Waals surface area contributed by atoms with E-state index < -0.39 is 29.4 Å². The van der Waals surface area contributed by atoms with Crippen LogP contribution in [-0.4, -0.2) is 38.8 Å². The minimum atomic E-state index is -4.52. The Bertz CT molecular complexity index is 1240. The fourth-order valence-electron chi connectivity index (χ4n) is 3.88. The summed E-state index contributed by atoms with van der Waals surface area (Å²) in [6.45, 7) is 1.44. The number of nitrogens with zero attached hydrogens (tertiary/aromatic N) is 4. The fraction of sp³-hybridized carbons (Fsp3) is 0.320. The zero-order valence-electron chi connectivity index (χ0n) is 19.5. The first-order valence-electron chi connectivity index (χ1n) is 11.6. The molecule has 3 aromatic rings. The van der Waals surface area contributed by atoms with Gasteiger partial charge in [-0.05, 0) is 37.1 Å². The number of benzene rings is 2. The van der Waals surface area contributed by atoms with Crippen LogP contribution >= 0.6 is 0 Å². The maximum atomic E-state index is 13.0.